The molecule has 1 amide bonds. The topological polar surface area (TPSA) is 50.4 Å². The molecular weight excluding hydrogens is 532 g/mol. The third-order valence-corrected chi connectivity index (χ3v) is 5.96. The molecule has 3 aromatic carbocycles. The van der Waals surface area contributed by atoms with E-state index in [1.54, 1.807) is 0 Å². The first-order chi connectivity index (χ1) is 14.3. The summed E-state index contributed by atoms with van der Waals surface area (Å²) in [6.45, 7) is 4.47. The van der Waals surface area contributed by atoms with Gasteiger partial charge in [-0.05, 0) is 98.8 Å². The molecule has 0 aromatic heterocycles. The first-order valence-corrected chi connectivity index (χ1v) is 11.3. The highest BCUT2D eigenvalue weighted by Gasteiger charge is 2.12. The summed E-state index contributed by atoms with van der Waals surface area (Å²) in [5, 5.41) is 6.92. The second-order valence-electron chi connectivity index (χ2n) is 6.91. The van der Waals surface area contributed by atoms with Crippen molar-refractivity contribution in [3.63, 3.8) is 0 Å². The number of amides is 1. The van der Waals surface area contributed by atoms with Crippen LogP contribution in [-0.4, -0.2) is 12.5 Å². The van der Waals surface area contributed by atoms with Crippen LogP contribution in [0.15, 0.2) is 63.5 Å². The molecule has 0 saturated heterocycles. The van der Waals surface area contributed by atoms with Crippen LogP contribution in [0.3, 0.4) is 0 Å². The SMILES string of the molecule is Cc1cccc(NC(=O)COc2c(Br)cc(CNc3ccc(C)c(Cl)c3)cc2Br)c1. The molecule has 156 valence electrons. The fourth-order valence-corrected chi connectivity index (χ4v) is 4.51. The summed E-state index contributed by atoms with van der Waals surface area (Å²) in [7, 11) is 0. The highest BCUT2D eigenvalue weighted by molar-refractivity contribution is 9.11. The van der Waals surface area contributed by atoms with Gasteiger partial charge in [-0.1, -0.05) is 29.8 Å². The third-order valence-electron chi connectivity index (χ3n) is 4.38. The molecule has 30 heavy (non-hydrogen) atoms. The number of nitrogens with one attached hydrogen (secondary N) is 2. The van der Waals surface area contributed by atoms with E-state index >= 15 is 0 Å². The third kappa shape index (κ3) is 6.24. The van der Waals surface area contributed by atoms with Crippen LogP contribution in [0.25, 0.3) is 0 Å². The van der Waals surface area contributed by atoms with E-state index in [0.717, 1.165) is 42.0 Å². The van der Waals surface area contributed by atoms with Gasteiger partial charge in [-0.3, -0.25) is 4.79 Å². The van der Waals surface area contributed by atoms with Crippen LogP contribution in [0.4, 0.5) is 11.4 Å². The molecule has 4 nitrogen and oxygen atoms in total. The number of hydrogen-bond donors (Lipinski definition) is 2. The maximum atomic E-state index is 12.2. The lowest BCUT2D eigenvalue weighted by Crippen LogP contribution is -2.20. The Labute approximate surface area is 198 Å². The van der Waals surface area contributed by atoms with Gasteiger partial charge in [-0.25, -0.2) is 0 Å². The van der Waals surface area contributed by atoms with E-state index in [1.807, 2.05) is 68.4 Å². The van der Waals surface area contributed by atoms with Crippen molar-refractivity contribution in [1.29, 1.82) is 0 Å². The molecule has 0 spiro atoms. The van der Waals surface area contributed by atoms with E-state index in [2.05, 4.69) is 42.5 Å². The number of aryl methyl sites for hydroxylation is 2. The second kappa shape index (κ2) is 10.3. The Morgan fingerprint density at radius 1 is 1.00 bits per heavy atom. The molecule has 0 radical (unpaired) electrons. The summed E-state index contributed by atoms with van der Waals surface area (Å²) in [6.07, 6.45) is 0. The Morgan fingerprint density at radius 3 is 2.40 bits per heavy atom. The van der Waals surface area contributed by atoms with Crippen LogP contribution < -0.4 is 15.4 Å². The number of halogens is 3. The number of ether oxygens (including phenoxy) is 1. The van der Waals surface area contributed by atoms with Gasteiger partial charge in [0.1, 0.15) is 5.75 Å². The van der Waals surface area contributed by atoms with Gasteiger partial charge in [-0.15, -0.1) is 0 Å². The normalized spacial score (nSPS) is 10.6. The molecule has 3 rings (SSSR count). The van der Waals surface area contributed by atoms with Crippen LogP contribution in [0.2, 0.25) is 5.02 Å². The highest BCUT2D eigenvalue weighted by Crippen LogP contribution is 2.35. The molecule has 0 bridgehead atoms. The molecule has 0 aliphatic heterocycles. The molecule has 2 N–H and O–H groups in total. The van der Waals surface area contributed by atoms with Crippen LogP contribution in [0.1, 0.15) is 16.7 Å². The van der Waals surface area contributed by atoms with Crippen LogP contribution in [-0.2, 0) is 11.3 Å². The Bertz CT molecular complexity index is 1050. The number of carbonyl (C=O) groups excluding carboxylic acids is 1. The maximum absolute atomic E-state index is 12.2. The van der Waals surface area contributed by atoms with Crippen LogP contribution in [0.5, 0.6) is 5.75 Å². The molecule has 0 saturated carbocycles. The van der Waals surface area contributed by atoms with E-state index in [1.165, 1.54) is 0 Å². The van der Waals surface area contributed by atoms with Gasteiger partial charge >= 0.3 is 0 Å². The van der Waals surface area contributed by atoms with Gasteiger partial charge in [0.25, 0.3) is 5.91 Å². The summed E-state index contributed by atoms with van der Waals surface area (Å²) in [4.78, 5) is 12.2. The first kappa shape index (κ1) is 22.7. The number of carbonyl (C=O) groups is 1. The lowest BCUT2D eigenvalue weighted by Gasteiger charge is -2.14. The minimum absolute atomic E-state index is 0.0927. The summed E-state index contributed by atoms with van der Waals surface area (Å²) >= 11 is 13.3. The molecule has 3 aromatic rings. The summed E-state index contributed by atoms with van der Waals surface area (Å²) in [5.74, 6) is 0.359. The smallest absolute Gasteiger partial charge is 0.262 e. The lowest BCUT2D eigenvalue weighted by atomic mass is 10.2. The van der Waals surface area contributed by atoms with Gasteiger partial charge in [0, 0.05) is 22.9 Å². The van der Waals surface area contributed by atoms with Crippen molar-refractivity contribution in [2.75, 3.05) is 17.2 Å². The minimum Gasteiger partial charge on any atom is -0.481 e. The van der Waals surface area contributed by atoms with Gasteiger partial charge in [0.05, 0.1) is 8.95 Å². The lowest BCUT2D eigenvalue weighted by molar-refractivity contribution is -0.118. The first-order valence-electron chi connectivity index (χ1n) is 9.29. The van der Waals surface area contributed by atoms with Crippen molar-refractivity contribution in [1.82, 2.24) is 0 Å². The van der Waals surface area contributed by atoms with Gasteiger partial charge in [0.15, 0.2) is 6.61 Å². The predicted molar refractivity (Wildman–Crippen MR) is 131 cm³/mol. The molecule has 7 heteroatoms. The Balaban J connectivity index is 1.59. The molecule has 0 unspecified atom stereocenters. The summed E-state index contributed by atoms with van der Waals surface area (Å²) in [5.41, 5.74) is 4.87. The molecular formula is C23H21Br2ClN2O2. The summed E-state index contributed by atoms with van der Waals surface area (Å²) < 4.78 is 7.26. The van der Waals surface area contributed by atoms with Crippen LogP contribution in [0, 0.1) is 13.8 Å². The van der Waals surface area contributed by atoms with Crippen molar-refractivity contribution in [3.05, 3.63) is 85.3 Å². The molecule has 0 aliphatic carbocycles. The van der Waals surface area contributed by atoms with E-state index in [9.17, 15) is 4.79 Å². The predicted octanol–water partition coefficient (Wildman–Crippen LogP) is 7.11. The van der Waals surface area contributed by atoms with Crippen molar-refractivity contribution in [2.45, 2.75) is 20.4 Å². The average molecular weight is 553 g/mol. The van der Waals surface area contributed by atoms with E-state index < -0.39 is 0 Å². The number of rotatable bonds is 7. The van der Waals surface area contributed by atoms with Crippen molar-refractivity contribution < 1.29 is 9.53 Å². The number of benzene rings is 3. The Kier molecular flexibility index (Phi) is 7.81. The zero-order valence-electron chi connectivity index (χ0n) is 16.6. The van der Waals surface area contributed by atoms with E-state index in [-0.39, 0.29) is 12.5 Å². The Morgan fingerprint density at radius 2 is 1.73 bits per heavy atom. The van der Waals surface area contributed by atoms with Gasteiger partial charge < -0.3 is 15.4 Å². The van der Waals surface area contributed by atoms with Gasteiger partial charge in [0.2, 0.25) is 0 Å². The largest absolute Gasteiger partial charge is 0.481 e. The second-order valence-corrected chi connectivity index (χ2v) is 9.03. The number of anilines is 2. The zero-order valence-corrected chi connectivity index (χ0v) is 20.5. The molecule has 0 aliphatic rings. The van der Waals surface area contributed by atoms with Crippen molar-refractivity contribution in [2.24, 2.45) is 0 Å². The fourth-order valence-electron chi connectivity index (χ4n) is 2.82. The van der Waals surface area contributed by atoms with E-state index in [4.69, 9.17) is 16.3 Å². The standard InChI is InChI=1S/C23H21Br2ClN2O2/c1-14-4-3-5-18(8-14)28-22(29)13-30-23-19(24)9-16(10-20(23)25)12-27-17-7-6-15(2)21(26)11-17/h3-11,27H,12-13H2,1-2H3,(H,28,29). The quantitative estimate of drug-likeness (QED) is 0.328. The molecule has 0 atom stereocenters. The van der Waals surface area contributed by atoms with Crippen molar-refractivity contribution >= 4 is 60.7 Å². The van der Waals surface area contributed by atoms with Crippen molar-refractivity contribution in [3.8, 4) is 5.75 Å². The summed E-state index contributed by atoms with van der Waals surface area (Å²) in [6, 6.07) is 17.4. The Hall–Kier alpha value is -2.02. The fraction of sp³-hybridized carbons (Fsp3) is 0.174. The molecule has 0 heterocycles. The minimum atomic E-state index is -0.221. The maximum Gasteiger partial charge on any atom is 0.262 e. The highest BCUT2D eigenvalue weighted by atomic mass is 79.9. The van der Waals surface area contributed by atoms with E-state index in [0.29, 0.717) is 12.3 Å². The number of hydrogen-bond acceptors (Lipinski definition) is 3. The van der Waals surface area contributed by atoms with Crippen LogP contribution >= 0.6 is 43.5 Å². The van der Waals surface area contributed by atoms with Gasteiger partial charge in [-0.2, -0.15) is 0 Å². The molecule has 0 fully saturated rings. The monoisotopic (exact) mass is 550 g/mol. The average Bonchev–Trinajstić information content (AvgIpc) is 2.68. The zero-order chi connectivity index (χ0) is 21.7.